The number of aliphatic hydroxyl groups is 1. The van der Waals surface area contributed by atoms with Gasteiger partial charge in [-0.25, -0.2) is 4.79 Å². The second-order valence-electron chi connectivity index (χ2n) is 6.32. The topological polar surface area (TPSA) is 95.2 Å². The SMILES string of the molecule is COc1cc2c(c3oc(=O)c4c(c13)CCC4=O)C1(O)CCOC1O2. The van der Waals surface area contributed by atoms with Gasteiger partial charge in [0.1, 0.15) is 17.1 Å². The minimum Gasteiger partial charge on any atom is -0.496 e. The fraction of sp³-hybridized carbons (Fsp3) is 0.412. The molecule has 3 aliphatic rings. The van der Waals surface area contributed by atoms with Gasteiger partial charge in [-0.05, 0) is 12.0 Å². The molecule has 0 bridgehead atoms. The lowest BCUT2D eigenvalue weighted by Crippen LogP contribution is -2.33. The number of carbonyl (C=O) groups excluding carboxylic acids is 1. The van der Waals surface area contributed by atoms with Gasteiger partial charge >= 0.3 is 5.63 Å². The van der Waals surface area contributed by atoms with Crippen LogP contribution in [0, 0.1) is 0 Å². The van der Waals surface area contributed by atoms with E-state index >= 15 is 0 Å². The van der Waals surface area contributed by atoms with E-state index in [1.165, 1.54) is 7.11 Å². The van der Waals surface area contributed by atoms with Gasteiger partial charge in [-0.1, -0.05) is 0 Å². The molecule has 0 spiro atoms. The van der Waals surface area contributed by atoms with Crippen LogP contribution in [-0.4, -0.2) is 30.9 Å². The van der Waals surface area contributed by atoms with E-state index in [4.69, 9.17) is 18.6 Å². The van der Waals surface area contributed by atoms with E-state index in [9.17, 15) is 14.7 Å². The van der Waals surface area contributed by atoms with Crippen LogP contribution >= 0.6 is 0 Å². The molecule has 3 heterocycles. The highest BCUT2D eigenvalue weighted by Gasteiger charge is 2.55. The monoisotopic (exact) mass is 330 g/mol. The molecule has 7 nitrogen and oxygen atoms in total. The molecule has 2 aromatic rings. The number of ketones is 1. The first-order valence-corrected chi connectivity index (χ1v) is 7.79. The van der Waals surface area contributed by atoms with Crippen LogP contribution in [-0.2, 0) is 16.8 Å². The van der Waals surface area contributed by atoms with Crippen LogP contribution in [0.2, 0.25) is 0 Å². The molecule has 124 valence electrons. The number of hydrogen-bond acceptors (Lipinski definition) is 7. The maximum atomic E-state index is 12.3. The van der Waals surface area contributed by atoms with Crippen molar-refractivity contribution < 1.29 is 28.5 Å². The molecule has 24 heavy (non-hydrogen) atoms. The molecule has 2 unspecified atom stereocenters. The molecule has 1 aliphatic carbocycles. The van der Waals surface area contributed by atoms with Crippen molar-refractivity contribution in [3.63, 3.8) is 0 Å². The van der Waals surface area contributed by atoms with Gasteiger partial charge in [-0.15, -0.1) is 0 Å². The number of fused-ring (bicyclic) bond motifs is 7. The van der Waals surface area contributed by atoms with Crippen LogP contribution in [0.1, 0.15) is 34.3 Å². The van der Waals surface area contributed by atoms with Crippen molar-refractivity contribution in [1.82, 2.24) is 0 Å². The minimum absolute atomic E-state index is 0.0888. The summed E-state index contributed by atoms with van der Waals surface area (Å²) >= 11 is 0. The van der Waals surface area contributed by atoms with Gasteiger partial charge < -0.3 is 23.7 Å². The number of hydrogen-bond donors (Lipinski definition) is 1. The van der Waals surface area contributed by atoms with Crippen LogP contribution in [0.25, 0.3) is 11.0 Å². The van der Waals surface area contributed by atoms with Gasteiger partial charge in [0.25, 0.3) is 0 Å². The fourth-order valence-corrected chi connectivity index (χ4v) is 4.02. The van der Waals surface area contributed by atoms with E-state index in [-0.39, 0.29) is 23.4 Å². The van der Waals surface area contributed by atoms with E-state index in [2.05, 4.69) is 0 Å². The number of ether oxygens (including phenoxy) is 3. The third kappa shape index (κ3) is 1.49. The zero-order chi connectivity index (χ0) is 16.6. The summed E-state index contributed by atoms with van der Waals surface area (Å²) in [5.41, 5.74) is -0.713. The van der Waals surface area contributed by atoms with E-state index < -0.39 is 17.5 Å². The Labute approximate surface area is 135 Å². The average Bonchev–Trinajstić information content (AvgIpc) is 3.17. The summed E-state index contributed by atoms with van der Waals surface area (Å²) in [7, 11) is 1.50. The molecule has 1 aromatic carbocycles. The molecule has 0 radical (unpaired) electrons. The first kappa shape index (κ1) is 14.0. The molecule has 1 N–H and O–H groups in total. The Morgan fingerprint density at radius 3 is 2.96 bits per heavy atom. The Balaban J connectivity index is 1.95. The molecule has 0 saturated carbocycles. The van der Waals surface area contributed by atoms with Crippen LogP contribution in [0.3, 0.4) is 0 Å². The van der Waals surface area contributed by atoms with Crippen molar-refractivity contribution in [1.29, 1.82) is 0 Å². The number of benzene rings is 1. The second-order valence-corrected chi connectivity index (χ2v) is 6.32. The summed E-state index contributed by atoms with van der Waals surface area (Å²) in [6.45, 7) is 0.349. The van der Waals surface area contributed by atoms with E-state index in [1.807, 2.05) is 0 Å². The second kappa shape index (κ2) is 4.37. The standard InChI is InChI=1S/C17H14O7/c1-21-9-6-10-13(17(20)4-5-22-16(17)23-10)14-12(9)7-2-3-8(18)11(7)15(19)24-14/h6,16,20H,2-5H2,1H3. The molecule has 1 saturated heterocycles. The number of aryl methyl sites for hydroxylation is 1. The predicted octanol–water partition coefficient (Wildman–Crippen LogP) is 1.26. The Morgan fingerprint density at radius 1 is 1.33 bits per heavy atom. The number of Topliss-reactive ketones (excluding diaryl/α,β-unsaturated/α-hetero) is 1. The maximum Gasteiger partial charge on any atom is 0.347 e. The first-order valence-electron chi connectivity index (χ1n) is 7.79. The van der Waals surface area contributed by atoms with Gasteiger partial charge in [0, 0.05) is 18.9 Å². The molecule has 5 rings (SSSR count). The summed E-state index contributed by atoms with van der Waals surface area (Å²) < 4.78 is 22.0. The lowest BCUT2D eigenvalue weighted by molar-refractivity contribution is -0.123. The molecular weight excluding hydrogens is 316 g/mol. The Bertz CT molecular complexity index is 973. The summed E-state index contributed by atoms with van der Waals surface area (Å²) in [5.74, 6) is 0.598. The Morgan fingerprint density at radius 2 is 2.17 bits per heavy atom. The number of rotatable bonds is 1. The predicted molar refractivity (Wildman–Crippen MR) is 80.6 cm³/mol. The molecule has 2 aliphatic heterocycles. The van der Waals surface area contributed by atoms with Gasteiger partial charge in [-0.3, -0.25) is 4.79 Å². The summed E-state index contributed by atoms with van der Waals surface area (Å²) in [6.07, 6.45) is 0.227. The molecule has 7 heteroatoms. The van der Waals surface area contributed by atoms with Crippen molar-refractivity contribution >= 4 is 16.8 Å². The van der Waals surface area contributed by atoms with E-state index in [0.29, 0.717) is 47.5 Å². The van der Waals surface area contributed by atoms with Gasteiger partial charge in [0.15, 0.2) is 17.0 Å². The maximum absolute atomic E-state index is 12.3. The molecule has 2 atom stereocenters. The van der Waals surface area contributed by atoms with E-state index in [0.717, 1.165) is 0 Å². The summed E-state index contributed by atoms with van der Waals surface area (Å²) in [5, 5.41) is 11.6. The van der Waals surface area contributed by atoms with Crippen molar-refractivity contribution in [2.45, 2.75) is 31.2 Å². The smallest absolute Gasteiger partial charge is 0.347 e. The highest BCUT2D eigenvalue weighted by atomic mass is 16.7. The van der Waals surface area contributed by atoms with Crippen molar-refractivity contribution in [3.05, 3.63) is 33.2 Å². The third-order valence-electron chi connectivity index (χ3n) is 5.12. The lowest BCUT2D eigenvalue weighted by Gasteiger charge is -2.20. The average molecular weight is 330 g/mol. The normalized spacial score (nSPS) is 27.1. The molecule has 1 fully saturated rings. The zero-order valence-corrected chi connectivity index (χ0v) is 12.9. The van der Waals surface area contributed by atoms with Gasteiger partial charge in [0.05, 0.1) is 24.7 Å². The quantitative estimate of drug-likeness (QED) is 0.786. The van der Waals surface area contributed by atoms with Crippen molar-refractivity contribution in [2.24, 2.45) is 0 Å². The molecule has 1 aromatic heterocycles. The largest absolute Gasteiger partial charge is 0.496 e. The van der Waals surface area contributed by atoms with Crippen molar-refractivity contribution in [2.75, 3.05) is 13.7 Å². The van der Waals surface area contributed by atoms with Crippen LogP contribution in [0.5, 0.6) is 11.5 Å². The van der Waals surface area contributed by atoms with E-state index in [1.54, 1.807) is 6.07 Å². The van der Waals surface area contributed by atoms with Crippen LogP contribution < -0.4 is 15.1 Å². The van der Waals surface area contributed by atoms with Crippen molar-refractivity contribution in [3.8, 4) is 11.5 Å². The zero-order valence-electron chi connectivity index (χ0n) is 12.9. The third-order valence-corrected chi connectivity index (χ3v) is 5.12. The Kier molecular flexibility index (Phi) is 2.55. The summed E-state index contributed by atoms with van der Waals surface area (Å²) in [4.78, 5) is 24.4. The minimum atomic E-state index is -1.37. The van der Waals surface area contributed by atoms with Crippen LogP contribution in [0.15, 0.2) is 15.3 Å². The molecule has 0 amide bonds. The molecular formula is C17H14O7. The van der Waals surface area contributed by atoms with Gasteiger partial charge in [-0.2, -0.15) is 0 Å². The first-order chi connectivity index (χ1) is 11.5. The number of carbonyl (C=O) groups is 1. The lowest BCUT2D eigenvalue weighted by atomic mass is 9.90. The highest BCUT2D eigenvalue weighted by Crippen LogP contribution is 2.53. The van der Waals surface area contributed by atoms with Gasteiger partial charge in [0.2, 0.25) is 6.29 Å². The fourth-order valence-electron chi connectivity index (χ4n) is 4.02. The van der Waals surface area contributed by atoms with Crippen LogP contribution in [0.4, 0.5) is 0 Å². The highest BCUT2D eigenvalue weighted by molar-refractivity contribution is 6.06. The number of methoxy groups -OCH3 is 1. The summed E-state index contributed by atoms with van der Waals surface area (Å²) in [6, 6.07) is 1.65. The Hall–Kier alpha value is -2.38.